The average Bonchev–Trinajstić information content (AvgIpc) is 2.24. The van der Waals surface area contributed by atoms with Crippen LogP contribution in [-0.2, 0) is 10.0 Å². The number of halogens is 1. The first kappa shape index (κ1) is 12.4. The topological polar surface area (TPSA) is 108 Å². The second kappa shape index (κ2) is 5.40. The third-order valence-corrected chi connectivity index (χ3v) is 2.99. The van der Waals surface area contributed by atoms with E-state index in [2.05, 4.69) is 19.7 Å². The standard InChI is InChI=1S/C7H8FN5O2S/c8-6-3-7(5-10-4-6)16(14,15)12-2-1-11-13-9/h3-5,12H,1-2H2. The molecule has 1 rings (SSSR count). The number of hydrogen-bond acceptors (Lipinski definition) is 4. The molecule has 0 aliphatic rings. The molecule has 0 aromatic carbocycles. The molecule has 86 valence electrons. The Bertz CT molecular complexity index is 511. The molecule has 0 spiro atoms. The molecule has 1 N–H and O–H groups in total. The van der Waals surface area contributed by atoms with E-state index in [-0.39, 0.29) is 18.0 Å². The zero-order valence-corrected chi connectivity index (χ0v) is 8.85. The second-order valence-electron chi connectivity index (χ2n) is 2.69. The summed E-state index contributed by atoms with van der Waals surface area (Å²) in [6.45, 7) is -0.0681. The SMILES string of the molecule is [N-]=[N+]=NCCNS(=O)(=O)c1cncc(F)c1. The number of hydrogen-bond donors (Lipinski definition) is 1. The lowest BCUT2D eigenvalue weighted by Gasteiger charge is -2.04. The first-order chi connectivity index (χ1) is 7.56. The van der Waals surface area contributed by atoms with Gasteiger partial charge in [0.05, 0.1) is 6.20 Å². The summed E-state index contributed by atoms with van der Waals surface area (Å²) in [5, 5.41) is 3.15. The molecule has 0 saturated heterocycles. The summed E-state index contributed by atoms with van der Waals surface area (Å²) < 4.78 is 37.8. The monoisotopic (exact) mass is 245 g/mol. The highest BCUT2D eigenvalue weighted by Crippen LogP contribution is 2.07. The molecule has 0 radical (unpaired) electrons. The summed E-state index contributed by atoms with van der Waals surface area (Å²) in [5.74, 6) is -0.738. The summed E-state index contributed by atoms with van der Waals surface area (Å²) >= 11 is 0. The maximum atomic E-state index is 12.7. The first-order valence-electron chi connectivity index (χ1n) is 4.17. The summed E-state index contributed by atoms with van der Waals surface area (Å²) in [4.78, 5) is 5.61. The second-order valence-corrected chi connectivity index (χ2v) is 4.46. The van der Waals surface area contributed by atoms with Crippen LogP contribution in [0.5, 0.6) is 0 Å². The van der Waals surface area contributed by atoms with Gasteiger partial charge in [-0.15, -0.1) is 0 Å². The zero-order valence-electron chi connectivity index (χ0n) is 8.04. The predicted octanol–water partition coefficient (Wildman–Crippen LogP) is 0.809. The van der Waals surface area contributed by atoms with Gasteiger partial charge in [0.15, 0.2) is 0 Å². The van der Waals surface area contributed by atoms with Crippen molar-refractivity contribution in [1.82, 2.24) is 9.71 Å². The molecule has 9 heteroatoms. The van der Waals surface area contributed by atoms with E-state index in [1.54, 1.807) is 0 Å². The zero-order chi connectivity index (χ0) is 12.0. The summed E-state index contributed by atoms with van der Waals surface area (Å²) in [6, 6.07) is 0.850. The van der Waals surface area contributed by atoms with Crippen molar-refractivity contribution >= 4 is 10.0 Å². The van der Waals surface area contributed by atoms with Crippen LogP contribution >= 0.6 is 0 Å². The van der Waals surface area contributed by atoms with Crippen molar-refractivity contribution in [3.8, 4) is 0 Å². The van der Waals surface area contributed by atoms with Crippen molar-refractivity contribution in [2.45, 2.75) is 4.90 Å². The first-order valence-corrected chi connectivity index (χ1v) is 5.65. The Morgan fingerprint density at radius 3 is 2.94 bits per heavy atom. The van der Waals surface area contributed by atoms with Gasteiger partial charge in [-0.3, -0.25) is 4.98 Å². The van der Waals surface area contributed by atoms with Crippen LogP contribution in [0.2, 0.25) is 0 Å². The minimum absolute atomic E-state index is 0.0154. The molecule has 0 saturated carbocycles. The molecule has 1 aromatic heterocycles. The maximum Gasteiger partial charge on any atom is 0.242 e. The lowest BCUT2D eigenvalue weighted by Crippen LogP contribution is -2.26. The van der Waals surface area contributed by atoms with Crippen LogP contribution in [0.15, 0.2) is 28.5 Å². The van der Waals surface area contributed by atoms with E-state index >= 15 is 0 Å². The summed E-state index contributed by atoms with van der Waals surface area (Å²) in [7, 11) is -3.80. The average molecular weight is 245 g/mol. The number of sulfonamides is 1. The van der Waals surface area contributed by atoms with Crippen LogP contribution in [0.25, 0.3) is 10.4 Å². The fourth-order valence-corrected chi connectivity index (χ4v) is 1.89. The van der Waals surface area contributed by atoms with Gasteiger partial charge >= 0.3 is 0 Å². The maximum absolute atomic E-state index is 12.7. The number of azide groups is 1. The van der Waals surface area contributed by atoms with Crippen molar-refractivity contribution in [1.29, 1.82) is 0 Å². The van der Waals surface area contributed by atoms with Crippen LogP contribution < -0.4 is 4.72 Å². The Balaban J connectivity index is 2.74. The number of aromatic nitrogens is 1. The van der Waals surface area contributed by atoms with E-state index in [4.69, 9.17) is 5.53 Å². The molecule has 16 heavy (non-hydrogen) atoms. The molecule has 7 nitrogen and oxygen atoms in total. The quantitative estimate of drug-likeness (QED) is 0.359. The highest BCUT2D eigenvalue weighted by Gasteiger charge is 2.13. The fraction of sp³-hybridized carbons (Fsp3) is 0.286. The third-order valence-electron chi connectivity index (χ3n) is 1.56. The van der Waals surface area contributed by atoms with Gasteiger partial charge in [0, 0.05) is 24.2 Å². The molecule has 0 unspecified atom stereocenters. The largest absolute Gasteiger partial charge is 0.260 e. The van der Waals surface area contributed by atoms with Gasteiger partial charge in [0.1, 0.15) is 10.7 Å². The molecule has 1 aromatic rings. The number of nitrogens with one attached hydrogen (secondary N) is 1. The highest BCUT2D eigenvalue weighted by molar-refractivity contribution is 7.89. The van der Waals surface area contributed by atoms with Gasteiger partial charge in [-0.1, -0.05) is 5.11 Å². The van der Waals surface area contributed by atoms with E-state index in [0.717, 1.165) is 18.5 Å². The Labute approximate surface area is 91.0 Å². The molecule has 0 fully saturated rings. The van der Waals surface area contributed by atoms with Gasteiger partial charge < -0.3 is 0 Å². The molecule has 0 bridgehead atoms. The van der Waals surface area contributed by atoms with Crippen LogP contribution in [0.1, 0.15) is 0 Å². The molecular weight excluding hydrogens is 237 g/mol. The van der Waals surface area contributed by atoms with Crippen LogP contribution in [0.3, 0.4) is 0 Å². The molecule has 1 heterocycles. The minimum Gasteiger partial charge on any atom is -0.260 e. The van der Waals surface area contributed by atoms with Crippen LogP contribution in [0.4, 0.5) is 4.39 Å². The normalized spacial score (nSPS) is 10.8. The van der Waals surface area contributed by atoms with E-state index < -0.39 is 15.8 Å². The van der Waals surface area contributed by atoms with Gasteiger partial charge in [-0.05, 0) is 11.6 Å². The molecule has 0 amide bonds. The molecular formula is C7H8FN5O2S. The van der Waals surface area contributed by atoms with E-state index in [0.29, 0.717) is 0 Å². The van der Waals surface area contributed by atoms with E-state index in [1.165, 1.54) is 0 Å². The molecule has 0 atom stereocenters. The van der Waals surface area contributed by atoms with Gasteiger partial charge in [-0.2, -0.15) is 0 Å². The van der Waals surface area contributed by atoms with Gasteiger partial charge in [0.2, 0.25) is 10.0 Å². The number of nitrogens with zero attached hydrogens (tertiary/aromatic N) is 4. The van der Waals surface area contributed by atoms with Crippen molar-refractivity contribution in [2.24, 2.45) is 5.11 Å². The number of pyridine rings is 1. The third kappa shape index (κ3) is 3.46. The van der Waals surface area contributed by atoms with Crippen LogP contribution in [-0.4, -0.2) is 26.5 Å². The fourth-order valence-electron chi connectivity index (χ4n) is 0.897. The van der Waals surface area contributed by atoms with E-state index in [9.17, 15) is 12.8 Å². The number of rotatable bonds is 5. The highest BCUT2D eigenvalue weighted by atomic mass is 32.2. The van der Waals surface area contributed by atoms with Gasteiger partial charge in [0.25, 0.3) is 0 Å². The van der Waals surface area contributed by atoms with Crippen molar-refractivity contribution < 1.29 is 12.8 Å². The molecule has 0 aliphatic carbocycles. The summed E-state index contributed by atoms with van der Waals surface area (Å²) in [6.07, 6.45) is 1.93. The van der Waals surface area contributed by atoms with Crippen molar-refractivity contribution in [2.75, 3.05) is 13.1 Å². The van der Waals surface area contributed by atoms with E-state index in [1.807, 2.05) is 0 Å². The lowest BCUT2D eigenvalue weighted by atomic mass is 10.5. The van der Waals surface area contributed by atoms with Crippen molar-refractivity contribution in [3.05, 3.63) is 34.7 Å². The lowest BCUT2D eigenvalue weighted by molar-refractivity contribution is 0.576. The molecule has 0 aliphatic heterocycles. The van der Waals surface area contributed by atoms with Crippen molar-refractivity contribution in [3.63, 3.8) is 0 Å². The Kier molecular flexibility index (Phi) is 4.18. The Morgan fingerprint density at radius 1 is 1.56 bits per heavy atom. The smallest absolute Gasteiger partial charge is 0.242 e. The Hall–Kier alpha value is -1.70. The minimum atomic E-state index is -3.80. The van der Waals surface area contributed by atoms with Gasteiger partial charge in [-0.25, -0.2) is 17.5 Å². The summed E-state index contributed by atoms with van der Waals surface area (Å²) in [5.41, 5.74) is 7.97. The predicted molar refractivity (Wildman–Crippen MR) is 53.4 cm³/mol. The Morgan fingerprint density at radius 2 is 2.31 bits per heavy atom. The van der Waals surface area contributed by atoms with Crippen LogP contribution in [0, 0.1) is 5.82 Å².